The minimum absolute atomic E-state index is 0.282. The second kappa shape index (κ2) is 9.10. The average Bonchev–Trinajstić information content (AvgIpc) is 2.49. The highest BCUT2D eigenvalue weighted by molar-refractivity contribution is 5.92. The molecule has 1 amide bonds. The average molecular weight is 292 g/mol. The molecule has 0 fully saturated rings. The fraction of sp³-hybridized carbons (Fsp3) is 0.562. The van der Waals surface area contributed by atoms with Crippen LogP contribution in [0.25, 0.3) is 0 Å². The molecular formula is C16H24N2O3. The van der Waals surface area contributed by atoms with Gasteiger partial charge in [0, 0.05) is 12.6 Å². The van der Waals surface area contributed by atoms with Crippen LogP contribution in [0.4, 0.5) is 0 Å². The van der Waals surface area contributed by atoms with E-state index < -0.39 is 0 Å². The molecule has 0 unspecified atom stereocenters. The van der Waals surface area contributed by atoms with Crippen molar-refractivity contribution in [1.29, 1.82) is 0 Å². The zero-order valence-electron chi connectivity index (χ0n) is 13.0. The molecule has 1 heterocycles. The number of hydrogen-bond donors (Lipinski definition) is 0. The Morgan fingerprint density at radius 1 is 1.33 bits per heavy atom. The van der Waals surface area contributed by atoms with Crippen LogP contribution in [0, 0.1) is 5.92 Å². The number of carbonyl (C=O) groups excluding carboxylic acids is 2. The van der Waals surface area contributed by atoms with E-state index in [4.69, 9.17) is 4.84 Å². The molecule has 0 aliphatic heterocycles. The lowest BCUT2D eigenvalue weighted by Crippen LogP contribution is -2.35. The van der Waals surface area contributed by atoms with Crippen molar-refractivity contribution in [3.05, 3.63) is 30.1 Å². The van der Waals surface area contributed by atoms with Gasteiger partial charge in [-0.2, -0.15) is 5.06 Å². The third kappa shape index (κ3) is 6.38. The minimum atomic E-state index is -0.374. The van der Waals surface area contributed by atoms with Gasteiger partial charge in [0.15, 0.2) is 0 Å². The number of carbonyl (C=O) groups is 2. The van der Waals surface area contributed by atoms with Crippen LogP contribution in [0.3, 0.4) is 0 Å². The van der Waals surface area contributed by atoms with Gasteiger partial charge in [-0.05, 0) is 30.9 Å². The van der Waals surface area contributed by atoms with Crippen molar-refractivity contribution < 1.29 is 14.4 Å². The van der Waals surface area contributed by atoms with Crippen LogP contribution in [0.1, 0.15) is 56.9 Å². The molecule has 116 valence electrons. The molecule has 21 heavy (non-hydrogen) atoms. The zero-order valence-corrected chi connectivity index (χ0v) is 13.0. The van der Waals surface area contributed by atoms with E-state index >= 15 is 0 Å². The Bertz CT molecular complexity index is 446. The Balaban J connectivity index is 2.71. The molecule has 5 heteroatoms. The summed E-state index contributed by atoms with van der Waals surface area (Å²) in [6.07, 6.45) is 4.31. The fourth-order valence-electron chi connectivity index (χ4n) is 1.67. The molecule has 0 aromatic carbocycles. The SMILES string of the molecule is CCCCC(=O)ON(CCC(C)C)C(=O)c1ccccn1. The number of aromatic nitrogens is 1. The van der Waals surface area contributed by atoms with Gasteiger partial charge in [-0.25, -0.2) is 4.79 Å². The molecule has 1 rings (SSSR count). The molecule has 0 radical (unpaired) electrons. The Morgan fingerprint density at radius 3 is 2.67 bits per heavy atom. The Labute approximate surface area is 126 Å². The number of hydroxylamine groups is 2. The highest BCUT2D eigenvalue weighted by Crippen LogP contribution is 2.09. The lowest BCUT2D eigenvalue weighted by Gasteiger charge is -2.21. The molecule has 1 aromatic heterocycles. The highest BCUT2D eigenvalue weighted by atomic mass is 16.7. The number of unbranched alkanes of at least 4 members (excludes halogenated alkanes) is 1. The van der Waals surface area contributed by atoms with Crippen LogP contribution in [-0.2, 0) is 9.63 Å². The molecule has 1 aromatic rings. The van der Waals surface area contributed by atoms with Gasteiger partial charge < -0.3 is 4.84 Å². The number of amides is 1. The van der Waals surface area contributed by atoms with Crippen LogP contribution in [0.2, 0.25) is 0 Å². The number of hydrogen-bond acceptors (Lipinski definition) is 4. The summed E-state index contributed by atoms with van der Waals surface area (Å²) >= 11 is 0. The van der Waals surface area contributed by atoms with E-state index in [1.807, 2.05) is 6.92 Å². The van der Waals surface area contributed by atoms with Gasteiger partial charge in [-0.15, -0.1) is 0 Å². The van der Waals surface area contributed by atoms with Gasteiger partial charge in [0.05, 0.1) is 6.54 Å². The van der Waals surface area contributed by atoms with Gasteiger partial charge in [-0.3, -0.25) is 9.78 Å². The van der Waals surface area contributed by atoms with E-state index in [9.17, 15) is 9.59 Å². The molecule has 0 spiro atoms. The van der Waals surface area contributed by atoms with E-state index in [0.29, 0.717) is 18.9 Å². The first-order valence-electron chi connectivity index (χ1n) is 7.48. The smallest absolute Gasteiger partial charge is 0.332 e. The van der Waals surface area contributed by atoms with Crippen LogP contribution < -0.4 is 0 Å². The van der Waals surface area contributed by atoms with Crippen molar-refractivity contribution >= 4 is 11.9 Å². The lowest BCUT2D eigenvalue weighted by atomic mass is 10.1. The van der Waals surface area contributed by atoms with Crippen molar-refractivity contribution in [2.24, 2.45) is 5.92 Å². The topological polar surface area (TPSA) is 59.5 Å². The van der Waals surface area contributed by atoms with Crippen molar-refractivity contribution in [2.45, 2.75) is 46.5 Å². The van der Waals surface area contributed by atoms with Gasteiger partial charge in [-0.1, -0.05) is 33.3 Å². The third-order valence-corrected chi connectivity index (χ3v) is 2.97. The van der Waals surface area contributed by atoms with Crippen molar-refractivity contribution in [3.63, 3.8) is 0 Å². The van der Waals surface area contributed by atoms with Gasteiger partial charge in [0.1, 0.15) is 5.69 Å². The summed E-state index contributed by atoms with van der Waals surface area (Å²) in [6.45, 7) is 6.50. The molecule has 0 aliphatic rings. The summed E-state index contributed by atoms with van der Waals surface area (Å²) < 4.78 is 0. The molecule has 0 atom stereocenters. The Morgan fingerprint density at radius 2 is 2.10 bits per heavy atom. The summed E-state index contributed by atoms with van der Waals surface area (Å²) in [7, 11) is 0. The number of rotatable bonds is 7. The fourth-order valence-corrected chi connectivity index (χ4v) is 1.67. The first-order valence-corrected chi connectivity index (χ1v) is 7.48. The normalized spacial score (nSPS) is 10.5. The second-order valence-electron chi connectivity index (χ2n) is 5.37. The van der Waals surface area contributed by atoms with E-state index in [0.717, 1.165) is 24.3 Å². The predicted molar refractivity (Wildman–Crippen MR) is 80.3 cm³/mol. The predicted octanol–water partition coefficient (Wildman–Crippen LogP) is 3.22. The maximum atomic E-state index is 12.4. The molecule has 0 bridgehead atoms. The summed E-state index contributed by atoms with van der Waals surface area (Å²) in [5.74, 6) is -0.329. The molecule has 0 aliphatic carbocycles. The van der Waals surface area contributed by atoms with E-state index in [1.54, 1.807) is 24.4 Å². The van der Waals surface area contributed by atoms with Crippen LogP contribution >= 0.6 is 0 Å². The maximum absolute atomic E-state index is 12.4. The third-order valence-electron chi connectivity index (χ3n) is 2.97. The Hall–Kier alpha value is -1.91. The zero-order chi connectivity index (χ0) is 15.7. The van der Waals surface area contributed by atoms with Crippen molar-refractivity contribution in [1.82, 2.24) is 10.0 Å². The minimum Gasteiger partial charge on any atom is -0.338 e. The summed E-state index contributed by atoms with van der Waals surface area (Å²) in [5, 5.41) is 1.14. The van der Waals surface area contributed by atoms with Crippen molar-refractivity contribution in [2.75, 3.05) is 6.54 Å². The molecule has 0 saturated carbocycles. The quantitative estimate of drug-likeness (QED) is 0.724. The maximum Gasteiger partial charge on any atom is 0.332 e. The van der Waals surface area contributed by atoms with E-state index in [-0.39, 0.29) is 17.6 Å². The van der Waals surface area contributed by atoms with Crippen LogP contribution in [0.15, 0.2) is 24.4 Å². The second-order valence-corrected chi connectivity index (χ2v) is 5.37. The molecule has 0 saturated heterocycles. The lowest BCUT2D eigenvalue weighted by molar-refractivity contribution is -0.178. The van der Waals surface area contributed by atoms with Crippen LogP contribution in [-0.4, -0.2) is 28.5 Å². The van der Waals surface area contributed by atoms with Gasteiger partial charge in [0.25, 0.3) is 0 Å². The molecule has 5 nitrogen and oxygen atoms in total. The van der Waals surface area contributed by atoms with Crippen molar-refractivity contribution in [3.8, 4) is 0 Å². The summed E-state index contributed by atoms with van der Waals surface area (Å²) in [6, 6.07) is 5.09. The first kappa shape index (κ1) is 17.1. The van der Waals surface area contributed by atoms with Gasteiger partial charge >= 0.3 is 11.9 Å². The monoisotopic (exact) mass is 292 g/mol. The highest BCUT2D eigenvalue weighted by Gasteiger charge is 2.21. The standard InChI is InChI=1S/C16H24N2O3/c1-4-5-9-15(19)21-18(12-10-13(2)3)16(20)14-8-6-7-11-17-14/h6-8,11,13H,4-5,9-10,12H2,1-3H3. The van der Waals surface area contributed by atoms with Crippen LogP contribution in [0.5, 0.6) is 0 Å². The van der Waals surface area contributed by atoms with E-state index in [1.165, 1.54) is 0 Å². The summed E-state index contributed by atoms with van der Waals surface area (Å²) in [4.78, 5) is 33.3. The summed E-state index contributed by atoms with van der Waals surface area (Å²) in [5.41, 5.74) is 0.282. The first-order chi connectivity index (χ1) is 10.0. The molecule has 0 N–H and O–H groups in total. The van der Waals surface area contributed by atoms with Gasteiger partial charge in [0.2, 0.25) is 0 Å². The van der Waals surface area contributed by atoms with E-state index in [2.05, 4.69) is 18.8 Å². The molecular weight excluding hydrogens is 268 g/mol. The number of nitrogens with zero attached hydrogens (tertiary/aromatic N) is 2. The largest absolute Gasteiger partial charge is 0.338 e. The number of pyridine rings is 1. The Kier molecular flexibility index (Phi) is 7.43.